The Morgan fingerprint density at radius 3 is 2.85 bits per heavy atom. The van der Waals surface area contributed by atoms with Crippen LogP contribution in [0.1, 0.15) is 27.2 Å². The standard InChI is InChI=1S/C7H8N2O3S/c1-2-12-7(11)6-9-4(3-13-6)5(8)10/h3H,2H2,1H3,(H2,8,10). The van der Waals surface area contributed by atoms with Gasteiger partial charge in [-0.3, -0.25) is 4.79 Å². The van der Waals surface area contributed by atoms with E-state index in [1.807, 2.05) is 0 Å². The van der Waals surface area contributed by atoms with Crippen molar-refractivity contribution in [2.24, 2.45) is 5.73 Å². The lowest BCUT2D eigenvalue weighted by Gasteiger charge is -1.95. The zero-order chi connectivity index (χ0) is 9.84. The highest BCUT2D eigenvalue weighted by molar-refractivity contribution is 7.11. The van der Waals surface area contributed by atoms with E-state index >= 15 is 0 Å². The van der Waals surface area contributed by atoms with Crippen molar-refractivity contribution in [3.63, 3.8) is 0 Å². The van der Waals surface area contributed by atoms with E-state index in [4.69, 9.17) is 5.73 Å². The SMILES string of the molecule is CCOC(=O)c1nc(C(N)=O)cs1. The number of amides is 1. The molecule has 0 fully saturated rings. The van der Waals surface area contributed by atoms with Crippen LogP contribution in [-0.2, 0) is 4.74 Å². The van der Waals surface area contributed by atoms with Crippen molar-refractivity contribution in [2.75, 3.05) is 6.61 Å². The molecular formula is C7H8N2O3S. The number of carbonyl (C=O) groups is 2. The number of carbonyl (C=O) groups excluding carboxylic acids is 2. The van der Waals surface area contributed by atoms with Gasteiger partial charge >= 0.3 is 5.97 Å². The van der Waals surface area contributed by atoms with E-state index in [9.17, 15) is 9.59 Å². The van der Waals surface area contributed by atoms with E-state index < -0.39 is 11.9 Å². The molecule has 1 heterocycles. The fraction of sp³-hybridized carbons (Fsp3) is 0.286. The molecule has 0 saturated heterocycles. The minimum Gasteiger partial charge on any atom is -0.461 e. The lowest BCUT2D eigenvalue weighted by molar-refractivity contribution is 0.0526. The van der Waals surface area contributed by atoms with Crippen molar-refractivity contribution >= 4 is 23.2 Å². The molecule has 0 atom stereocenters. The van der Waals surface area contributed by atoms with Crippen LogP contribution in [0.25, 0.3) is 0 Å². The molecule has 0 unspecified atom stereocenters. The van der Waals surface area contributed by atoms with Gasteiger partial charge in [-0.25, -0.2) is 9.78 Å². The van der Waals surface area contributed by atoms with Crippen LogP contribution in [0.2, 0.25) is 0 Å². The number of thiazole rings is 1. The maximum Gasteiger partial charge on any atom is 0.367 e. The quantitative estimate of drug-likeness (QED) is 0.717. The number of rotatable bonds is 3. The molecule has 1 aromatic heterocycles. The first-order valence-electron chi connectivity index (χ1n) is 3.57. The summed E-state index contributed by atoms with van der Waals surface area (Å²) in [5.74, 6) is -1.17. The molecular weight excluding hydrogens is 192 g/mol. The van der Waals surface area contributed by atoms with Gasteiger partial charge in [0.05, 0.1) is 6.61 Å². The highest BCUT2D eigenvalue weighted by Crippen LogP contribution is 2.10. The second-order valence-electron chi connectivity index (χ2n) is 2.12. The fourth-order valence-corrected chi connectivity index (χ4v) is 1.37. The Balaban J connectivity index is 2.79. The normalized spacial score (nSPS) is 9.62. The van der Waals surface area contributed by atoms with Gasteiger partial charge in [-0.15, -0.1) is 11.3 Å². The van der Waals surface area contributed by atoms with Gasteiger partial charge in [0, 0.05) is 5.38 Å². The van der Waals surface area contributed by atoms with Crippen LogP contribution in [0.15, 0.2) is 5.38 Å². The van der Waals surface area contributed by atoms with E-state index in [0.717, 1.165) is 11.3 Å². The Hall–Kier alpha value is -1.43. The number of esters is 1. The zero-order valence-corrected chi connectivity index (χ0v) is 7.76. The Kier molecular flexibility index (Phi) is 2.97. The largest absolute Gasteiger partial charge is 0.461 e. The molecule has 0 bridgehead atoms. The maximum absolute atomic E-state index is 11.1. The number of primary amides is 1. The number of aromatic nitrogens is 1. The van der Waals surface area contributed by atoms with Gasteiger partial charge in [0.2, 0.25) is 5.01 Å². The molecule has 0 aliphatic rings. The smallest absolute Gasteiger partial charge is 0.367 e. The van der Waals surface area contributed by atoms with E-state index in [0.29, 0.717) is 0 Å². The summed E-state index contributed by atoms with van der Waals surface area (Å²) < 4.78 is 4.68. The summed E-state index contributed by atoms with van der Waals surface area (Å²) in [5.41, 5.74) is 5.05. The van der Waals surface area contributed by atoms with Crippen molar-refractivity contribution in [3.05, 3.63) is 16.1 Å². The third-order valence-corrected chi connectivity index (χ3v) is 2.03. The second kappa shape index (κ2) is 3.99. The van der Waals surface area contributed by atoms with Crippen molar-refractivity contribution < 1.29 is 14.3 Å². The van der Waals surface area contributed by atoms with Crippen molar-refractivity contribution in [3.8, 4) is 0 Å². The molecule has 2 N–H and O–H groups in total. The van der Waals surface area contributed by atoms with E-state index in [2.05, 4.69) is 9.72 Å². The Morgan fingerprint density at radius 1 is 1.69 bits per heavy atom. The number of nitrogens with zero attached hydrogens (tertiary/aromatic N) is 1. The Labute approximate surface area is 78.5 Å². The third-order valence-electron chi connectivity index (χ3n) is 1.21. The van der Waals surface area contributed by atoms with Crippen LogP contribution in [0.4, 0.5) is 0 Å². The number of nitrogens with two attached hydrogens (primary N) is 1. The van der Waals surface area contributed by atoms with Gasteiger partial charge < -0.3 is 10.5 Å². The Morgan fingerprint density at radius 2 is 2.38 bits per heavy atom. The van der Waals surface area contributed by atoms with Crippen LogP contribution in [0.3, 0.4) is 0 Å². The summed E-state index contributed by atoms with van der Waals surface area (Å²) in [6, 6.07) is 0. The first kappa shape index (κ1) is 9.66. The highest BCUT2D eigenvalue weighted by Gasteiger charge is 2.13. The summed E-state index contributed by atoms with van der Waals surface area (Å²) >= 11 is 1.04. The van der Waals surface area contributed by atoms with Crippen LogP contribution < -0.4 is 5.73 Å². The Bertz CT molecular complexity index is 334. The van der Waals surface area contributed by atoms with Gasteiger partial charge in [0.1, 0.15) is 5.69 Å². The molecule has 13 heavy (non-hydrogen) atoms. The predicted octanol–water partition coefficient (Wildman–Crippen LogP) is 0.419. The lowest BCUT2D eigenvalue weighted by atomic mass is 10.5. The number of hydrogen-bond donors (Lipinski definition) is 1. The van der Waals surface area contributed by atoms with Gasteiger partial charge in [-0.2, -0.15) is 0 Å². The van der Waals surface area contributed by atoms with Gasteiger partial charge in [-0.1, -0.05) is 0 Å². The van der Waals surface area contributed by atoms with Gasteiger partial charge in [-0.05, 0) is 6.92 Å². The average molecular weight is 200 g/mol. The third kappa shape index (κ3) is 2.25. The summed E-state index contributed by atoms with van der Waals surface area (Å²) in [5, 5.41) is 1.57. The molecule has 0 radical (unpaired) electrons. The molecule has 0 spiro atoms. The van der Waals surface area contributed by atoms with Gasteiger partial charge in [0.15, 0.2) is 0 Å². The van der Waals surface area contributed by atoms with E-state index in [-0.39, 0.29) is 17.3 Å². The van der Waals surface area contributed by atoms with Crippen LogP contribution in [-0.4, -0.2) is 23.5 Å². The van der Waals surface area contributed by atoms with E-state index in [1.54, 1.807) is 6.92 Å². The molecule has 6 heteroatoms. The molecule has 0 aliphatic carbocycles. The molecule has 70 valence electrons. The zero-order valence-electron chi connectivity index (χ0n) is 6.94. The highest BCUT2D eigenvalue weighted by atomic mass is 32.1. The fourth-order valence-electron chi connectivity index (χ4n) is 0.673. The maximum atomic E-state index is 11.1. The lowest BCUT2D eigenvalue weighted by Crippen LogP contribution is -2.12. The molecule has 0 saturated carbocycles. The molecule has 0 aliphatic heterocycles. The summed E-state index contributed by atoms with van der Waals surface area (Å²) in [6.45, 7) is 1.98. The minimum absolute atomic E-state index is 0.0908. The summed E-state index contributed by atoms with van der Waals surface area (Å²) in [6.07, 6.45) is 0. The average Bonchev–Trinajstić information content (AvgIpc) is 2.52. The number of hydrogen-bond acceptors (Lipinski definition) is 5. The van der Waals surface area contributed by atoms with Crippen LogP contribution >= 0.6 is 11.3 Å². The minimum atomic E-state index is -0.646. The molecule has 0 aromatic carbocycles. The summed E-state index contributed by atoms with van der Waals surface area (Å²) in [4.78, 5) is 25.4. The molecule has 1 rings (SSSR count). The molecule has 5 nitrogen and oxygen atoms in total. The van der Waals surface area contributed by atoms with E-state index in [1.165, 1.54) is 5.38 Å². The van der Waals surface area contributed by atoms with Crippen LogP contribution in [0.5, 0.6) is 0 Å². The second-order valence-corrected chi connectivity index (χ2v) is 2.98. The molecule has 1 aromatic rings. The van der Waals surface area contributed by atoms with Crippen LogP contribution in [0, 0.1) is 0 Å². The molecule has 1 amide bonds. The number of ether oxygens (including phenoxy) is 1. The first-order valence-corrected chi connectivity index (χ1v) is 4.45. The van der Waals surface area contributed by atoms with Crippen molar-refractivity contribution in [1.82, 2.24) is 4.98 Å². The summed E-state index contributed by atoms with van der Waals surface area (Å²) in [7, 11) is 0. The van der Waals surface area contributed by atoms with Crippen molar-refractivity contribution in [2.45, 2.75) is 6.92 Å². The first-order chi connectivity index (χ1) is 6.15. The topological polar surface area (TPSA) is 82.3 Å². The predicted molar refractivity (Wildman–Crippen MR) is 46.6 cm³/mol. The van der Waals surface area contributed by atoms with Gasteiger partial charge in [0.25, 0.3) is 5.91 Å². The monoisotopic (exact) mass is 200 g/mol. The van der Waals surface area contributed by atoms with Crippen molar-refractivity contribution in [1.29, 1.82) is 0 Å².